The van der Waals surface area contributed by atoms with Gasteiger partial charge in [0.25, 0.3) is 0 Å². The van der Waals surface area contributed by atoms with Crippen molar-refractivity contribution in [1.29, 1.82) is 0 Å². The van der Waals surface area contributed by atoms with Crippen LogP contribution in [0.3, 0.4) is 0 Å². The van der Waals surface area contributed by atoms with Crippen LogP contribution >= 0.6 is 0 Å². The Hall–Kier alpha value is -0.970. The zero-order chi connectivity index (χ0) is 13.5. The first kappa shape index (κ1) is 14.4. The number of likely N-dealkylation sites (N-methyl/N-ethyl adjacent to an activating group) is 2. The van der Waals surface area contributed by atoms with E-state index < -0.39 is 0 Å². The van der Waals surface area contributed by atoms with Gasteiger partial charge in [0.15, 0.2) is 0 Å². The molecule has 0 saturated carbocycles. The van der Waals surface area contributed by atoms with Crippen molar-refractivity contribution in [2.75, 3.05) is 33.7 Å². The Morgan fingerprint density at radius 3 is 2.79 bits per heavy atom. The van der Waals surface area contributed by atoms with Crippen LogP contribution in [0.1, 0.15) is 18.4 Å². The molecule has 2 rings (SSSR count). The maximum Gasteiger partial charge on any atom is 0.0707 e. The minimum Gasteiger partial charge on any atom is -0.372 e. The molecule has 1 saturated heterocycles. The molecule has 0 spiro atoms. The van der Waals surface area contributed by atoms with E-state index in [1.807, 2.05) is 19.4 Å². The number of aromatic nitrogens is 1. The smallest absolute Gasteiger partial charge is 0.0707 e. The third-order valence-electron chi connectivity index (χ3n) is 3.67. The Morgan fingerprint density at radius 2 is 2.05 bits per heavy atom. The molecule has 1 aromatic heterocycles. The van der Waals surface area contributed by atoms with Crippen LogP contribution < -0.4 is 5.32 Å². The molecule has 1 fully saturated rings. The Labute approximate surface area is 116 Å². The van der Waals surface area contributed by atoms with Crippen LogP contribution in [0.2, 0.25) is 0 Å². The zero-order valence-electron chi connectivity index (χ0n) is 12.0. The van der Waals surface area contributed by atoms with Crippen LogP contribution in [0.25, 0.3) is 0 Å². The van der Waals surface area contributed by atoms with Gasteiger partial charge in [-0.25, -0.2) is 0 Å². The van der Waals surface area contributed by atoms with Crippen LogP contribution in [-0.4, -0.2) is 55.8 Å². The van der Waals surface area contributed by atoms with Crippen molar-refractivity contribution in [1.82, 2.24) is 15.2 Å². The number of nitrogens with zero attached hydrogens (tertiary/aromatic N) is 2. The molecule has 0 aromatic carbocycles. The summed E-state index contributed by atoms with van der Waals surface area (Å²) in [5.74, 6) is 0. The monoisotopic (exact) mass is 263 g/mol. The molecule has 0 bridgehead atoms. The highest BCUT2D eigenvalue weighted by Crippen LogP contribution is 2.19. The maximum atomic E-state index is 6.01. The second kappa shape index (κ2) is 7.58. The highest BCUT2D eigenvalue weighted by atomic mass is 16.5. The van der Waals surface area contributed by atoms with Gasteiger partial charge < -0.3 is 15.0 Å². The van der Waals surface area contributed by atoms with E-state index >= 15 is 0 Å². The fourth-order valence-electron chi connectivity index (χ4n) is 2.60. The van der Waals surface area contributed by atoms with Crippen molar-refractivity contribution in [3.05, 3.63) is 30.1 Å². The maximum absolute atomic E-state index is 6.01. The number of ether oxygens (including phenoxy) is 1. The lowest BCUT2D eigenvalue weighted by Crippen LogP contribution is -2.32. The largest absolute Gasteiger partial charge is 0.372 e. The second-order valence-corrected chi connectivity index (χ2v) is 5.38. The summed E-state index contributed by atoms with van der Waals surface area (Å²) in [6.07, 6.45) is 7.97. The van der Waals surface area contributed by atoms with E-state index in [9.17, 15) is 0 Å². The lowest BCUT2D eigenvalue weighted by molar-refractivity contribution is 0.0289. The van der Waals surface area contributed by atoms with E-state index in [-0.39, 0.29) is 0 Å². The van der Waals surface area contributed by atoms with E-state index in [1.165, 1.54) is 18.4 Å². The molecular weight excluding hydrogens is 238 g/mol. The molecule has 4 nitrogen and oxygen atoms in total. The number of rotatable bonds is 7. The Morgan fingerprint density at radius 1 is 1.32 bits per heavy atom. The van der Waals surface area contributed by atoms with Crippen molar-refractivity contribution >= 4 is 0 Å². The van der Waals surface area contributed by atoms with Gasteiger partial charge in [-0.05, 0) is 51.1 Å². The number of hydrogen-bond donors (Lipinski definition) is 1. The van der Waals surface area contributed by atoms with Crippen LogP contribution in [0.15, 0.2) is 24.5 Å². The summed E-state index contributed by atoms with van der Waals surface area (Å²) < 4.78 is 6.01. The predicted octanol–water partition coefficient (Wildman–Crippen LogP) is 1.32. The van der Waals surface area contributed by atoms with E-state index in [0.717, 1.165) is 26.1 Å². The van der Waals surface area contributed by atoms with Crippen LogP contribution in [-0.2, 0) is 11.2 Å². The lowest BCUT2D eigenvalue weighted by atomic mass is 10.1. The van der Waals surface area contributed by atoms with E-state index in [2.05, 4.69) is 34.4 Å². The molecule has 0 amide bonds. The first-order valence-electron chi connectivity index (χ1n) is 7.15. The Kier molecular flexibility index (Phi) is 5.76. The quantitative estimate of drug-likeness (QED) is 0.805. The van der Waals surface area contributed by atoms with E-state index in [1.54, 1.807) is 0 Å². The average molecular weight is 263 g/mol. The van der Waals surface area contributed by atoms with Gasteiger partial charge in [0, 0.05) is 32.0 Å². The van der Waals surface area contributed by atoms with Gasteiger partial charge >= 0.3 is 0 Å². The second-order valence-electron chi connectivity index (χ2n) is 5.38. The number of pyridine rings is 1. The molecule has 2 atom stereocenters. The highest BCUT2D eigenvalue weighted by molar-refractivity contribution is 5.09. The van der Waals surface area contributed by atoms with E-state index in [4.69, 9.17) is 4.74 Å². The topological polar surface area (TPSA) is 37.4 Å². The van der Waals surface area contributed by atoms with Crippen molar-refractivity contribution in [2.24, 2.45) is 0 Å². The minimum atomic E-state index is 0.404. The molecule has 1 aromatic rings. The van der Waals surface area contributed by atoms with Gasteiger partial charge in [0.1, 0.15) is 0 Å². The highest BCUT2D eigenvalue weighted by Gasteiger charge is 2.25. The summed E-state index contributed by atoms with van der Waals surface area (Å²) in [6, 6.07) is 4.17. The molecule has 106 valence electrons. The fraction of sp³-hybridized carbons (Fsp3) is 0.667. The number of nitrogens with one attached hydrogen (secondary N) is 1. The summed E-state index contributed by atoms with van der Waals surface area (Å²) in [5, 5.41) is 3.19. The molecule has 1 N–H and O–H groups in total. The summed E-state index contributed by atoms with van der Waals surface area (Å²) in [7, 11) is 4.16. The molecule has 2 heterocycles. The molecule has 0 radical (unpaired) electrons. The Bertz CT molecular complexity index is 358. The molecule has 4 heteroatoms. The molecule has 1 aliphatic rings. The van der Waals surface area contributed by atoms with Gasteiger partial charge in [-0.15, -0.1) is 0 Å². The van der Waals surface area contributed by atoms with Gasteiger partial charge in [-0.3, -0.25) is 4.98 Å². The van der Waals surface area contributed by atoms with Crippen molar-refractivity contribution in [3.8, 4) is 0 Å². The molecule has 19 heavy (non-hydrogen) atoms. The fourth-order valence-corrected chi connectivity index (χ4v) is 2.60. The lowest BCUT2D eigenvalue weighted by Gasteiger charge is -2.21. The normalized spacial score (nSPS) is 23.1. The summed E-state index contributed by atoms with van der Waals surface area (Å²) >= 11 is 0. The zero-order valence-corrected chi connectivity index (χ0v) is 12.0. The molecule has 0 aliphatic carbocycles. The van der Waals surface area contributed by atoms with Crippen LogP contribution in [0, 0.1) is 0 Å². The van der Waals surface area contributed by atoms with Crippen LogP contribution in [0.4, 0.5) is 0 Å². The SMILES string of the molecule is CNCC1CCC(CN(C)CCc2ccncc2)O1. The third-order valence-corrected chi connectivity index (χ3v) is 3.67. The van der Waals surface area contributed by atoms with Gasteiger partial charge in [-0.1, -0.05) is 0 Å². The number of hydrogen-bond acceptors (Lipinski definition) is 4. The molecule has 1 aliphatic heterocycles. The standard InChI is InChI=1S/C15H25N3O/c1-16-11-14-3-4-15(19-14)12-18(2)10-7-13-5-8-17-9-6-13/h5-6,8-9,14-16H,3-4,7,10-12H2,1-2H3. The first-order valence-corrected chi connectivity index (χ1v) is 7.15. The van der Waals surface area contributed by atoms with Gasteiger partial charge in [0.2, 0.25) is 0 Å². The van der Waals surface area contributed by atoms with Gasteiger partial charge in [0.05, 0.1) is 12.2 Å². The van der Waals surface area contributed by atoms with E-state index in [0.29, 0.717) is 12.2 Å². The Balaban J connectivity index is 1.66. The minimum absolute atomic E-state index is 0.404. The summed E-state index contributed by atoms with van der Waals surface area (Å²) in [4.78, 5) is 6.41. The predicted molar refractivity (Wildman–Crippen MR) is 77.3 cm³/mol. The third kappa shape index (κ3) is 4.90. The summed E-state index contributed by atoms with van der Waals surface area (Å²) in [5.41, 5.74) is 1.35. The van der Waals surface area contributed by atoms with Gasteiger partial charge in [-0.2, -0.15) is 0 Å². The average Bonchev–Trinajstić information content (AvgIpc) is 2.85. The van der Waals surface area contributed by atoms with Crippen molar-refractivity contribution in [2.45, 2.75) is 31.5 Å². The van der Waals surface area contributed by atoms with Crippen LogP contribution in [0.5, 0.6) is 0 Å². The molecular formula is C15H25N3O. The molecule has 2 unspecified atom stereocenters. The van der Waals surface area contributed by atoms with Crippen molar-refractivity contribution in [3.63, 3.8) is 0 Å². The van der Waals surface area contributed by atoms with Crippen molar-refractivity contribution < 1.29 is 4.74 Å². The first-order chi connectivity index (χ1) is 9.28. The summed E-state index contributed by atoms with van der Waals surface area (Å²) in [6.45, 7) is 3.07.